The normalized spacial score (nSPS) is 19.5. The number of amides is 2. The number of likely N-dealkylation sites (tertiary alicyclic amines) is 1. The average molecular weight is 469 g/mol. The number of hydrogen-bond acceptors (Lipinski definition) is 5. The number of piperazine rings is 1. The molecule has 0 aliphatic carbocycles. The van der Waals surface area contributed by atoms with Crippen LogP contribution in [0.3, 0.4) is 0 Å². The summed E-state index contributed by atoms with van der Waals surface area (Å²) in [6.45, 7) is 9.29. The molecule has 2 saturated heterocycles. The zero-order chi connectivity index (χ0) is 22.5. The molecule has 3 aliphatic heterocycles. The van der Waals surface area contributed by atoms with Gasteiger partial charge in [-0.3, -0.25) is 0 Å². The van der Waals surface area contributed by atoms with E-state index in [-0.39, 0.29) is 6.03 Å². The topological polar surface area (TPSA) is 39.3 Å². The van der Waals surface area contributed by atoms with Gasteiger partial charge >= 0.3 is 6.03 Å². The van der Waals surface area contributed by atoms with Crippen molar-refractivity contribution in [3.05, 3.63) is 46.8 Å². The quantitative estimate of drug-likeness (QED) is 0.593. The number of urea groups is 1. The highest BCUT2D eigenvalue weighted by Crippen LogP contribution is 2.34. The van der Waals surface area contributed by atoms with Crippen molar-refractivity contribution in [3.63, 3.8) is 0 Å². The fraction of sp³-hybridized carbons (Fsp3) is 0.577. The predicted molar refractivity (Wildman–Crippen MR) is 134 cm³/mol. The number of carbonyl (C=O) groups excluding carboxylic acids is 1. The third-order valence-electron chi connectivity index (χ3n) is 7.10. The molecule has 178 valence electrons. The van der Waals surface area contributed by atoms with Crippen molar-refractivity contribution in [3.8, 4) is 5.06 Å². The number of carbonyl (C=O) groups is 1. The van der Waals surface area contributed by atoms with E-state index in [9.17, 15) is 4.79 Å². The van der Waals surface area contributed by atoms with Gasteiger partial charge in [-0.1, -0.05) is 24.6 Å². The molecule has 0 atom stereocenters. The minimum absolute atomic E-state index is 0.184. The third kappa shape index (κ3) is 5.64. The molecule has 0 bridgehead atoms. The largest absolute Gasteiger partial charge is 0.484 e. The standard InChI is InChI=1S/C26H36N4O2S/c31-26(29-17-15-28(16-18-29)23-8-3-1-4-9-23)30-14-10-24-22(21-30)20-25(33-24)32-19-7-13-27-11-5-2-6-12-27/h1,3-4,8-9,20H,2,5-7,10-19,21H2. The van der Waals surface area contributed by atoms with E-state index in [1.807, 2.05) is 15.9 Å². The molecule has 2 aromatic rings. The SMILES string of the molecule is O=C(N1CCN(c2ccccc2)CC1)N1CCc2sc(OCCCN3CCCCC3)cc2C1. The van der Waals surface area contributed by atoms with E-state index in [1.165, 1.54) is 48.5 Å². The zero-order valence-electron chi connectivity index (χ0n) is 19.6. The van der Waals surface area contributed by atoms with E-state index >= 15 is 0 Å². The molecule has 0 spiro atoms. The fourth-order valence-corrected chi connectivity index (χ4v) is 6.21. The lowest BCUT2D eigenvalue weighted by molar-refractivity contribution is 0.145. The number of thiophene rings is 1. The van der Waals surface area contributed by atoms with Gasteiger partial charge in [0, 0.05) is 56.4 Å². The van der Waals surface area contributed by atoms with Crippen LogP contribution in [-0.4, -0.2) is 79.7 Å². The smallest absolute Gasteiger partial charge is 0.320 e. The molecule has 3 aliphatic rings. The van der Waals surface area contributed by atoms with Gasteiger partial charge in [0.15, 0.2) is 5.06 Å². The number of para-hydroxylation sites is 1. The summed E-state index contributed by atoms with van der Waals surface area (Å²) in [6, 6.07) is 12.8. The van der Waals surface area contributed by atoms with Crippen molar-refractivity contribution in [2.75, 3.05) is 63.9 Å². The van der Waals surface area contributed by atoms with Crippen LogP contribution in [0.15, 0.2) is 36.4 Å². The highest BCUT2D eigenvalue weighted by molar-refractivity contribution is 7.14. The molecular formula is C26H36N4O2S. The fourth-order valence-electron chi connectivity index (χ4n) is 5.18. The summed E-state index contributed by atoms with van der Waals surface area (Å²) in [5.74, 6) is 0. The van der Waals surface area contributed by atoms with Crippen molar-refractivity contribution >= 4 is 23.1 Å². The number of ether oxygens (including phenoxy) is 1. The Morgan fingerprint density at radius 3 is 2.48 bits per heavy atom. The second kappa shape index (κ2) is 10.8. The van der Waals surface area contributed by atoms with E-state index in [1.54, 1.807) is 11.3 Å². The molecule has 2 amide bonds. The van der Waals surface area contributed by atoms with Gasteiger partial charge in [-0.15, -0.1) is 11.3 Å². The minimum Gasteiger partial charge on any atom is -0.484 e. The Morgan fingerprint density at radius 1 is 0.909 bits per heavy atom. The summed E-state index contributed by atoms with van der Waals surface area (Å²) >= 11 is 1.77. The van der Waals surface area contributed by atoms with Crippen molar-refractivity contribution in [1.82, 2.24) is 14.7 Å². The summed E-state index contributed by atoms with van der Waals surface area (Å²) in [5.41, 5.74) is 2.52. The lowest BCUT2D eigenvalue weighted by atomic mass is 10.1. The third-order valence-corrected chi connectivity index (χ3v) is 8.25. The number of hydrogen-bond donors (Lipinski definition) is 0. The highest BCUT2D eigenvalue weighted by atomic mass is 32.1. The predicted octanol–water partition coefficient (Wildman–Crippen LogP) is 4.30. The van der Waals surface area contributed by atoms with E-state index in [4.69, 9.17) is 4.74 Å². The van der Waals surface area contributed by atoms with E-state index in [0.29, 0.717) is 6.54 Å². The number of benzene rings is 1. The lowest BCUT2D eigenvalue weighted by Gasteiger charge is -2.39. The van der Waals surface area contributed by atoms with Crippen LogP contribution in [0, 0.1) is 0 Å². The molecule has 6 nitrogen and oxygen atoms in total. The van der Waals surface area contributed by atoms with E-state index < -0.39 is 0 Å². The Hall–Kier alpha value is -2.25. The highest BCUT2D eigenvalue weighted by Gasteiger charge is 2.29. The van der Waals surface area contributed by atoms with Crippen LogP contribution in [0.1, 0.15) is 36.1 Å². The van der Waals surface area contributed by atoms with Gasteiger partial charge in [0.1, 0.15) is 0 Å². The molecule has 0 unspecified atom stereocenters. The maximum atomic E-state index is 13.2. The summed E-state index contributed by atoms with van der Waals surface area (Å²) in [6.07, 6.45) is 6.10. The number of fused-ring (bicyclic) bond motifs is 1. The van der Waals surface area contributed by atoms with Crippen LogP contribution in [0.5, 0.6) is 5.06 Å². The molecule has 7 heteroatoms. The summed E-state index contributed by atoms with van der Waals surface area (Å²) in [5, 5.41) is 1.02. The molecule has 1 aromatic carbocycles. The molecular weight excluding hydrogens is 432 g/mol. The van der Waals surface area contributed by atoms with Gasteiger partial charge in [-0.25, -0.2) is 4.79 Å². The first-order valence-corrected chi connectivity index (χ1v) is 13.4. The molecule has 0 N–H and O–H groups in total. The van der Waals surface area contributed by atoms with Gasteiger partial charge in [0.25, 0.3) is 0 Å². The Bertz CT molecular complexity index is 904. The van der Waals surface area contributed by atoms with Gasteiger partial charge in [0.05, 0.1) is 6.61 Å². The first-order chi connectivity index (χ1) is 16.3. The Balaban J connectivity index is 1.08. The molecule has 0 saturated carbocycles. The first kappa shape index (κ1) is 22.5. The molecule has 33 heavy (non-hydrogen) atoms. The van der Waals surface area contributed by atoms with Crippen LogP contribution in [0.4, 0.5) is 10.5 Å². The van der Waals surface area contributed by atoms with Crippen LogP contribution in [0.25, 0.3) is 0 Å². The molecule has 5 rings (SSSR count). The summed E-state index contributed by atoms with van der Waals surface area (Å²) in [4.78, 5) is 23.5. The maximum absolute atomic E-state index is 13.2. The van der Waals surface area contributed by atoms with Crippen molar-refractivity contribution < 1.29 is 9.53 Å². The maximum Gasteiger partial charge on any atom is 0.320 e. The number of anilines is 1. The molecule has 0 radical (unpaired) electrons. The van der Waals surface area contributed by atoms with Gasteiger partial charge in [-0.2, -0.15) is 0 Å². The van der Waals surface area contributed by atoms with E-state index in [2.05, 4.69) is 40.1 Å². The number of piperidine rings is 1. The second-order valence-corrected chi connectivity index (χ2v) is 10.5. The molecule has 4 heterocycles. The molecule has 1 aromatic heterocycles. The Kier molecular flexibility index (Phi) is 7.37. The average Bonchev–Trinajstić information content (AvgIpc) is 3.29. The Labute approximate surface area is 201 Å². The van der Waals surface area contributed by atoms with E-state index in [0.717, 1.165) is 63.8 Å². The summed E-state index contributed by atoms with van der Waals surface area (Å²) < 4.78 is 6.09. The van der Waals surface area contributed by atoms with Gasteiger partial charge < -0.3 is 24.3 Å². The second-order valence-electron chi connectivity index (χ2n) is 9.38. The van der Waals surface area contributed by atoms with Crippen molar-refractivity contribution in [1.29, 1.82) is 0 Å². The van der Waals surface area contributed by atoms with Gasteiger partial charge in [0.2, 0.25) is 0 Å². The lowest BCUT2D eigenvalue weighted by Crippen LogP contribution is -2.53. The molecule has 2 fully saturated rings. The van der Waals surface area contributed by atoms with Gasteiger partial charge in [-0.05, 0) is 62.5 Å². The van der Waals surface area contributed by atoms with Crippen molar-refractivity contribution in [2.45, 2.75) is 38.6 Å². The minimum atomic E-state index is 0.184. The number of rotatable bonds is 6. The van der Waals surface area contributed by atoms with Crippen LogP contribution in [0.2, 0.25) is 0 Å². The zero-order valence-corrected chi connectivity index (χ0v) is 20.4. The monoisotopic (exact) mass is 468 g/mol. The van der Waals surface area contributed by atoms with Crippen LogP contribution < -0.4 is 9.64 Å². The first-order valence-electron chi connectivity index (χ1n) is 12.6. The van der Waals surface area contributed by atoms with Crippen LogP contribution >= 0.6 is 11.3 Å². The Morgan fingerprint density at radius 2 is 1.70 bits per heavy atom. The van der Waals surface area contributed by atoms with Crippen molar-refractivity contribution in [2.24, 2.45) is 0 Å². The van der Waals surface area contributed by atoms with Crippen LogP contribution in [-0.2, 0) is 13.0 Å². The number of nitrogens with zero attached hydrogens (tertiary/aromatic N) is 4. The summed E-state index contributed by atoms with van der Waals surface area (Å²) in [7, 11) is 0.